The lowest BCUT2D eigenvalue weighted by Gasteiger charge is -2.21. The summed E-state index contributed by atoms with van der Waals surface area (Å²) in [5.41, 5.74) is 0.504. The SMILES string of the molecule is O=C(C[NH+](Cc1cccs1)C[C@@H]1CCCO1)Nc1ccc(F)c(Cl)c1. The lowest BCUT2D eigenvalue weighted by Crippen LogP contribution is -3.12. The van der Waals surface area contributed by atoms with Crippen molar-refractivity contribution in [3.8, 4) is 0 Å². The largest absolute Gasteiger partial charge is 0.372 e. The van der Waals surface area contributed by atoms with Crippen molar-refractivity contribution in [3.05, 3.63) is 51.4 Å². The first-order valence-electron chi connectivity index (χ1n) is 8.32. The lowest BCUT2D eigenvalue weighted by atomic mass is 10.2. The minimum atomic E-state index is -0.497. The molecule has 1 aliphatic rings. The molecule has 1 aromatic heterocycles. The minimum Gasteiger partial charge on any atom is -0.372 e. The molecule has 2 heterocycles. The molecule has 134 valence electrons. The maximum atomic E-state index is 13.2. The molecule has 2 N–H and O–H groups in total. The van der Waals surface area contributed by atoms with Crippen LogP contribution in [-0.4, -0.2) is 31.7 Å². The summed E-state index contributed by atoms with van der Waals surface area (Å²) in [5.74, 6) is -0.616. The zero-order valence-electron chi connectivity index (χ0n) is 13.8. The molecular weight excluding hydrogens is 363 g/mol. The van der Waals surface area contributed by atoms with Gasteiger partial charge in [0.2, 0.25) is 0 Å². The van der Waals surface area contributed by atoms with Gasteiger partial charge in [-0.05, 0) is 42.5 Å². The monoisotopic (exact) mass is 383 g/mol. The number of amides is 1. The Morgan fingerprint density at radius 3 is 3.00 bits per heavy atom. The first-order chi connectivity index (χ1) is 12.1. The second kappa shape index (κ2) is 8.76. The number of halogens is 2. The van der Waals surface area contributed by atoms with Gasteiger partial charge in [-0.1, -0.05) is 17.7 Å². The first kappa shape index (κ1) is 18.3. The molecule has 0 radical (unpaired) electrons. The zero-order valence-corrected chi connectivity index (χ0v) is 15.3. The molecule has 2 atom stereocenters. The second-order valence-corrected chi connectivity index (χ2v) is 7.64. The van der Waals surface area contributed by atoms with E-state index < -0.39 is 5.82 Å². The molecule has 0 aliphatic carbocycles. The lowest BCUT2D eigenvalue weighted by molar-refractivity contribution is -0.908. The number of thiophene rings is 1. The summed E-state index contributed by atoms with van der Waals surface area (Å²) in [5, 5.41) is 4.84. The predicted molar refractivity (Wildman–Crippen MR) is 97.7 cm³/mol. The number of hydrogen-bond acceptors (Lipinski definition) is 3. The highest BCUT2D eigenvalue weighted by molar-refractivity contribution is 7.09. The van der Waals surface area contributed by atoms with Crippen LogP contribution in [0.25, 0.3) is 0 Å². The molecular formula is C18H21ClFN2O2S+. The van der Waals surface area contributed by atoms with Crippen molar-refractivity contribution >= 4 is 34.5 Å². The Balaban J connectivity index is 1.61. The number of carbonyl (C=O) groups is 1. The van der Waals surface area contributed by atoms with E-state index in [0.29, 0.717) is 12.2 Å². The second-order valence-electron chi connectivity index (χ2n) is 6.20. The zero-order chi connectivity index (χ0) is 17.6. The predicted octanol–water partition coefficient (Wildman–Crippen LogP) is 2.74. The fraction of sp³-hybridized carbons (Fsp3) is 0.389. The number of ether oxygens (including phenoxy) is 1. The van der Waals surface area contributed by atoms with Gasteiger partial charge in [-0.3, -0.25) is 4.79 Å². The molecule has 7 heteroatoms. The van der Waals surface area contributed by atoms with Crippen molar-refractivity contribution in [2.75, 3.05) is 25.0 Å². The summed E-state index contributed by atoms with van der Waals surface area (Å²) in [6.45, 7) is 2.72. The summed E-state index contributed by atoms with van der Waals surface area (Å²) in [6, 6.07) is 8.29. The quantitative estimate of drug-likeness (QED) is 0.772. The van der Waals surface area contributed by atoms with Crippen molar-refractivity contribution in [1.29, 1.82) is 0 Å². The highest BCUT2D eigenvalue weighted by Gasteiger charge is 2.24. The van der Waals surface area contributed by atoms with Crippen LogP contribution in [0, 0.1) is 5.82 Å². The molecule has 2 aromatic rings. The molecule has 0 spiro atoms. The number of hydrogen-bond donors (Lipinski definition) is 2. The van der Waals surface area contributed by atoms with Crippen molar-refractivity contribution in [2.24, 2.45) is 0 Å². The van der Waals surface area contributed by atoms with E-state index in [-0.39, 0.29) is 17.0 Å². The average molecular weight is 384 g/mol. The Morgan fingerprint density at radius 1 is 1.44 bits per heavy atom. The summed E-state index contributed by atoms with van der Waals surface area (Å²) in [6.07, 6.45) is 2.34. The van der Waals surface area contributed by atoms with Crippen LogP contribution in [0.1, 0.15) is 17.7 Å². The topological polar surface area (TPSA) is 42.8 Å². The van der Waals surface area contributed by atoms with Crippen molar-refractivity contribution in [2.45, 2.75) is 25.5 Å². The van der Waals surface area contributed by atoms with Crippen LogP contribution < -0.4 is 10.2 Å². The van der Waals surface area contributed by atoms with Crippen molar-refractivity contribution in [3.63, 3.8) is 0 Å². The molecule has 1 fully saturated rings. The minimum absolute atomic E-state index is 0.0000516. The highest BCUT2D eigenvalue weighted by atomic mass is 35.5. The van der Waals surface area contributed by atoms with E-state index in [9.17, 15) is 9.18 Å². The van der Waals surface area contributed by atoms with E-state index in [4.69, 9.17) is 16.3 Å². The van der Waals surface area contributed by atoms with Crippen LogP contribution in [-0.2, 0) is 16.1 Å². The molecule has 3 rings (SSSR count). The first-order valence-corrected chi connectivity index (χ1v) is 9.58. The maximum absolute atomic E-state index is 13.2. The summed E-state index contributed by atoms with van der Waals surface area (Å²) in [7, 11) is 0. The molecule has 1 unspecified atom stereocenters. The molecule has 25 heavy (non-hydrogen) atoms. The molecule has 1 amide bonds. The van der Waals surface area contributed by atoms with Gasteiger partial charge in [0.1, 0.15) is 25.0 Å². The van der Waals surface area contributed by atoms with E-state index in [0.717, 1.165) is 37.4 Å². The molecule has 0 saturated carbocycles. The molecule has 0 bridgehead atoms. The number of anilines is 1. The van der Waals surface area contributed by atoms with E-state index in [2.05, 4.69) is 11.4 Å². The third-order valence-electron chi connectivity index (χ3n) is 4.16. The van der Waals surface area contributed by atoms with Gasteiger partial charge < -0.3 is 15.0 Å². The standard InChI is InChI=1S/C18H20ClFN2O2S/c19-16-9-13(5-6-17(16)20)21-18(23)12-22(10-14-3-1-7-24-14)11-15-4-2-8-25-15/h2,4-6,8-9,14H,1,3,7,10-12H2,(H,21,23)/p+1/t14-/m0/s1. The van der Waals surface area contributed by atoms with Crippen LogP contribution in [0.3, 0.4) is 0 Å². The van der Waals surface area contributed by atoms with Crippen molar-refractivity contribution in [1.82, 2.24) is 0 Å². The van der Waals surface area contributed by atoms with Crippen LogP contribution in [0.4, 0.5) is 10.1 Å². The molecule has 4 nitrogen and oxygen atoms in total. The van der Waals surface area contributed by atoms with Gasteiger partial charge in [-0.25, -0.2) is 4.39 Å². The summed E-state index contributed by atoms with van der Waals surface area (Å²) >= 11 is 7.46. The van der Waals surface area contributed by atoms with Crippen LogP contribution in [0.5, 0.6) is 0 Å². The maximum Gasteiger partial charge on any atom is 0.279 e. The Bertz CT molecular complexity index is 705. The Kier molecular flexibility index (Phi) is 6.42. The van der Waals surface area contributed by atoms with Gasteiger partial charge in [0, 0.05) is 12.3 Å². The third kappa shape index (κ3) is 5.51. The summed E-state index contributed by atoms with van der Waals surface area (Å²) < 4.78 is 18.9. The van der Waals surface area contributed by atoms with Gasteiger partial charge in [-0.15, -0.1) is 11.3 Å². The van der Waals surface area contributed by atoms with Crippen LogP contribution >= 0.6 is 22.9 Å². The number of quaternary nitrogens is 1. The molecule has 1 aliphatic heterocycles. The van der Waals surface area contributed by atoms with Crippen LogP contribution in [0.15, 0.2) is 35.7 Å². The smallest absolute Gasteiger partial charge is 0.279 e. The fourth-order valence-electron chi connectivity index (χ4n) is 3.00. The summed E-state index contributed by atoms with van der Waals surface area (Å²) in [4.78, 5) is 14.8. The molecule has 1 saturated heterocycles. The van der Waals surface area contributed by atoms with Crippen LogP contribution in [0.2, 0.25) is 5.02 Å². The van der Waals surface area contributed by atoms with Gasteiger partial charge in [0.25, 0.3) is 5.91 Å². The van der Waals surface area contributed by atoms with E-state index in [1.54, 1.807) is 11.3 Å². The Morgan fingerprint density at radius 2 is 2.32 bits per heavy atom. The van der Waals surface area contributed by atoms with E-state index in [1.165, 1.54) is 23.1 Å². The normalized spacial score (nSPS) is 18.2. The van der Waals surface area contributed by atoms with Gasteiger partial charge >= 0.3 is 0 Å². The third-order valence-corrected chi connectivity index (χ3v) is 5.32. The molecule has 1 aromatic carbocycles. The highest BCUT2D eigenvalue weighted by Crippen LogP contribution is 2.19. The van der Waals surface area contributed by atoms with E-state index in [1.807, 2.05) is 11.4 Å². The van der Waals surface area contributed by atoms with Gasteiger partial charge in [0.05, 0.1) is 9.90 Å². The van der Waals surface area contributed by atoms with Gasteiger partial charge in [0.15, 0.2) is 6.54 Å². The van der Waals surface area contributed by atoms with Crippen molar-refractivity contribution < 1.29 is 18.8 Å². The Hall–Kier alpha value is -1.47. The number of carbonyl (C=O) groups excluding carboxylic acids is 1. The number of benzene rings is 1. The Labute approximate surface area is 155 Å². The number of rotatable bonds is 7. The van der Waals surface area contributed by atoms with Gasteiger partial charge in [-0.2, -0.15) is 0 Å². The van der Waals surface area contributed by atoms with E-state index >= 15 is 0 Å². The average Bonchev–Trinajstić information content (AvgIpc) is 3.25. The fourth-order valence-corrected chi connectivity index (χ4v) is 3.96. The number of nitrogens with one attached hydrogen (secondary N) is 2.